The Morgan fingerprint density at radius 2 is 2.15 bits per heavy atom. The Morgan fingerprint density at radius 1 is 1.45 bits per heavy atom. The number of Topliss-reactive ketones (excluding diaryl/α,β-unsaturated/α-hetero) is 1. The van der Waals surface area contributed by atoms with Gasteiger partial charge in [0.05, 0.1) is 21.7 Å². The molecule has 0 saturated carbocycles. The van der Waals surface area contributed by atoms with Crippen LogP contribution >= 0.6 is 11.8 Å². The molecule has 6 nitrogen and oxygen atoms in total. The van der Waals surface area contributed by atoms with E-state index >= 15 is 0 Å². The highest BCUT2D eigenvalue weighted by atomic mass is 32.2. The van der Waals surface area contributed by atoms with Crippen LogP contribution in [0.15, 0.2) is 28.3 Å². The smallest absolute Gasteiger partial charge is 0.238 e. The highest BCUT2D eigenvalue weighted by Gasteiger charge is 2.14. The molecule has 0 unspecified atom stereocenters. The van der Waals surface area contributed by atoms with Gasteiger partial charge in [-0.25, -0.2) is 18.5 Å². The Hall–Kier alpha value is -1.38. The lowest BCUT2D eigenvalue weighted by atomic mass is 10.3. The third-order valence-electron chi connectivity index (χ3n) is 2.73. The summed E-state index contributed by atoms with van der Waals surface area (Å²) in [5.74, 6) is 0.403. The molecular weight excluding hydrogens is 298 g/mol. The average molecular weight is 313 g/mol. The molecule has 1 heterocycles. The van der Waals surface area contributed by atoms with E-state index in [1.54, 1.807) is 6.07 Å². The summed E-state index contributed by atoms with van der Waals surface area (Å²) in [7, 11) is -3.74. The second-order valence-corrected chi connectivity index (χ2v) is 6.83. The Labute approximate surface area is 121 Å². The van der Waals surface area contributed by atoms with E-state index in [4.69, 9.17) is 5.14 Å². The van der Waals surface area contributed by atoms with Gasteiger partial charge in [-0.05, 0) is 32.0 Å². The van der Waals surface area contributed by atoms with Gasteiger partial charge >= 0.3 is 0 Å². The zero-order valence-electron chi connectivity index (χ0n) is 11.2. The van der Waals surface area contributed by atoms with E-state index in [0.29, 0.717) is 23.0 Å². The van der Waals surface area contributed by atoms with Crippen LogP contribution in [0.3, 0.4) is 0 Å². The van der Waals surface area contributed by atoms with Crippen LogP contribution in [-0.2, 0) is 21.4 Å². The molecule has 0 spiro atoms. The van der Waals surface area contributed by atoms with Crippen LogP contribution in [0.4, 0.5) is 0 Å². The predicted octanol–water partition coefficient (Wildman–Crippen LogP) is 1.38. The third-order valence-corrected chi connectivity index (χ3v) is 4.77. The van der Waals surface area contributed by atoms with Crippen molar-refractivity contribution in [1.29, 1.82) is 0 Å². The van der Waals surface area contributed by atoms with Crippen LogP contribution < -0.4 is 5.14 Å². The first-order chi connectivity index (χ1) is 9.32. The van der Waals surface area contributed by atoms with Crippen molar-refractivity contribution in [1.82, 2.24) is 9.55 Å². The van der Waals surface area contributed by atoms with Crippen LogP contribution in [0.25, 0.3) is 11.0 Å². The second kappa shape index (κ2) is 5.55. The van der Waals surface area contributed by atoms with Crippen molar-refractivity contribution >= 4 is 38.6 Å². The number of carbonyl (C=O) groups is 1. The van der Waals surface area contributed by atoms with Gasteiger partial charge in [-0.3, -0.25) is 4.79 Å². The lowest BCUT2D eigenvalue weighted by Crippen LogP contribution is -2.11. The first-order valence-corrected chi connectivity index (χ1v) is 8.51. The lowest BCUT2D eigenvalue weighted by Gasteiger charge is -2.04. The molecule has 20 heavy (non-hydrogen) atoms. The van der Waals surface area contributed by atoms with Gasteiger partial charge in [0.2, 0.25) is 10.0 Å². The Morgan fingerprint density at radius 3 is 2.70 bits per heavy atom. The number of thioether (sulfide) groups is 1. The molecule has 0 aliphatic heterocycles. The molecule has 0 fully saturated rings. The quantitative estimate of drug-likeness (QED) is 0.842. The first-order valence-electron chi connectivity index (χ1n) is 5.98. The van der Waals surface area contributed by atoms with Crippen molar-refractivity contribution in [3.8, 4) is 0 Å². The van der Waals surface area contributed by atoms with Gasteiger partial charge in [0.25, 0.3) is 0 Å². The number of fused-ring (bicyclic) bond motifs is 1. The molecule has 0 aliphatic rings. The number of hydrogen-bond donors (Lipinski definition) is 1. The number of carbonyl (C=O) groups excluding carboxylic acids is 1. The fraction of sp³-hybridized carbons (Fsp3) is 0.333. The van der Waals surface area contributed by atoms with Crippen LogP contribution in [0.2, 0.25) is 0 Å². The number of benzene rings is 1. The zero-order chi connectivity index (χ0) is 14.9. The second-order valence-electron chi connectivity index (χ2n) is 4.32. The topological polar surface area (TPSA) is 95.0 Å². The fourth-order valence-corrected chi connectivity index (χ4v) is 3.26. The molecular formula is C12H15N3O3S2. The van der Waals surface area contributed by atoms with E-state index in [-0.39, 0.29) is 10.7 Å². The number of primary sulfonamides is 1. The van der Waals surface area contributed by atoms with Gasteiger partial charge in [-0.2, -0.15) is 0 Å². The highest BCUT2D eigenvalue weighted by Crippen LogP contribution is 2.25. The van der Waals surface area contributed by atoms with Gasteiger partial charge in [-0.15, -0.1) is 0 Å². The summed E-state index contributed by atoms with van der Waals surface area (Å²) in [6, 6.07) is 4.60. The normalized spacial score (nSPS) is 11.9. The Bertz CT molecular complexity index is 766. The summed E-state index contributed by atoms with van der Waals surface area (Å²) in [5.41, 5.74) is 1.38. The molecule has 0 amide bonds. The molecule has 1 aromatic carbocycles. The standard InChI is InChI=1S/C12H15N3O3S2/c1-3-15-11-5-4-9(20(13,17)18)6-10(11)14-12(15)19-7-8(2)16/h4-6H,3,7H2,1-2H3,(H2,13,17,18). The molecule has 0 bridgehead atoms. The maximum atomic E-state index is 11.3. The largest absolute Gasteiger partial charge is 0.319 e. The molecule has 2 N–H and O–H groups in total. The molecule has 108 valence electrons. The summed E-state index contributed by atoms with van der Waals surface area (Å²) in [6.07, 6.45) is 0. The average Bonchev–Trinajstić information content (AvgIpc) is 2.71. The van der Waals surface area contributed by atoms with Gasteiger partial charge in [0.15, 0.2) is 5.16 Å². The minimum absolute atomic E-state index is 0.0360. The van der Waals surface area contributed by atoms with E-state index in [0.717, 1.165) is 5.52 Å². The molecule has 2 aromatic rings. The summed E-state index contributed by atoms with van der Waals surface area (Å²) >= 11 is 1.34. The van der Waals surface area contributed by atoms with E-state index in [2.05, 4.69) is 4.98 Å². The van der Waals surface area contributed by atoms with E-state index in [1.165, 1.54) is 30.8 Å². The van der Waals surface area contributed by atoms with E-state index in [1.807, 2.05) is 11.5 Å². The van der Waals surface area contributed by atoms with Gasteiger partial charge in [0, 0.05) is 6.54 Å². The minimum Gasteiger partial charge on any atom is -0.319 e. The molecule has 8 heteroatoms. The Balaban J connectivity index is 2.53. The number of hydrogen-bond acceptors (Lipinski definition) is 5. The maximum absolute atomic E-state index is 11.3. The minimum atomic E-state index is -3.74. The first kappa shape index (κ1) is 15.0. The number of nitrogens with zero attached hydrogens (tertiary/aromatic N) is 2. The van der Waals surface area contributed by atoms with E-state index < -0.39 is 10.0 Å². The summed E-state index contributed by atoms with van der Waals surface area (Å²) in [5, 5.41) is 5.81. The van der Waals surface area contributed by atoms with E-state index in [9.17, 15) is 13.2 Å². The van der Waals surface area contributed by atoms with Gasteiger partial charge in [0.1, 0.15) is 5.78 Å². The summed E-state index contributed by atoms with van der Waals surface area (Å²) in [6.45, 7) is 4.17. The van der Waals surface area contributed by atoms with Crippen LogP contribution in [-0.4, -0.2) is 29.5 Å². The zero-order valence-corrected chi connectivity index (χ0v) is 12.8. The number of imidazole rings is 1. The van der Waals surface area contributed by atoms with Gasteiger partial charge < -0.3 is 4.57 Å². The number of nitrogens with two attached hydrogens (primary N) is 1. The number of aryl methyl sites for hydroxylation is 1. The SMILES string of the molecule is CCn1c(SCC(C)=O)nc2cc(S(N)(=O)=O)ccc21. The monoisotopic (exact) mass is 313 g/mol. The predicted molar refractivity (Wildman–Crippen MR) is 78.2 cm³/mol. The molecule has 1 aromatic heterocycles. The summed E-state index contributed by atoms with van der Waals surface area (Å²) < 4.78 is 24.6. The van der Waals surface area contributed by atoms with Crippen LogP contribution in [0.1, 0.15) is 13.8 Å². The number of ketones is 1. The third kappa shape index (κ3) is 3.02. The van der Waals surface area contributed by atoms with Crippen molar-refractivity contribution < 1.29 is 13.2 Å². The van der Waals surface area contributed by atoms with Gasteiger partial charge in [-0.1, -0.05) is 11.8 Å². The maximum Gasteiger partial charge on any atom is 0.238 e. The molecule has 0 radical (unpaired) electrons. The molecule has 0 saturated heterocycles. The van der Waals surface area contributed by atoms with Crippen molar-refractivity contribution in [3.05, 3.63) is 18.2 Å². The van der Waals surface area contributed by atoms with Crippen molar-refractivity contribution in [2.24, 2.45) is 5.14 Å². The van der Waals surface area contributed by atoms with Crippen molar-refractivity contribution in [3.63, 3.8) is 0 Å². The lowest BCUT2D eigenvalue weighted by molar-refractivity contribution is -0.114. The van der Waals surface area contributed by atoms with Crippen LogP contribution in [0, 0.1) is 0 Å². The van der Waals surface area contributed by atoms with Crippen LogP contribution in [0.5, 0.6) is 0 Å². The van der Waals surface area contributed by atoms with Crippen molar-refractivity contribution in [2.75, 3.05) is 5.75 Å². The fourth-order valence-electron chi connectivity index (χ4n) is 1.85. The van der Waals surface area contributed by atoms with Crippen molar-refractivity contribution in [2.45, 2.75) is 30.4 Å². The molecule has 2 rings (SSSR count). The molecule has 0 aliphatic carbocycles. The summed E-state index contributed by atoms with van der Waals surface area (Å²) in [4.78, 5) is 15.5. The highest BCUT2D eigenvalue weighted by molar-refractivity contribution is 7.99. The number of aromatic nitrogens is 2. The Kier molecular flexibility index (Phi) is 4.17. The number of sulfonamides is 1. The molecule has 0 atom stereocenters. The number of rotatable bonds is 5.